The molecule has 1 amide bonds. The number of aliphatic hydroxyl groups excluding tert-OH is 1. The third kappa shape index (κ3) is 7.34. The number of nitrogens with one attached hydrogen (secondary N) is 2. The molecule has 0 unspecified atom stereocenters. The predicted octanol–water partition coefficient (Wildman–Crippen LogP) is 6.42. The summed E-state index contributed by atoms with van der Waals surface area (Å²) in [6.45, 7) is 8.92. The number of ether oxygens (including phenoxy) is 1. The molecule has 246 valence electrons. The van der Waals surface area contributed by atoms with Crippen molar-refractivity contribution in [2.75, 3.05) is 26.3 Å². The van der Waals surface area contributed by atoms with E-state index in [0.717, 1.165) is 17.3 Å². The van der Waals surface area contributed by atoms with Crippen LogP contribution in [-0.2, 0) is 22.5 Å². The van der Waals surface area contributed by atoms with E-state index < -0.39 is 24.2 Å². The Bertz CT molecular complexity index is 1870. The molecule has 1 atom stereocenters. The molecule has 0 fully saturated rings. The molecule has 47 heavy (non-hydrogen) atoms. The van der Waals surface area contributed by atoms with Gasteiger partial charge in [-0.15, -0.1) is 11.3 Å². The molecule has 4 aromatic rings. The first kappa shape index (κ1) is 33.7. The number of H-pyrrole nitrogens is 1. The van der Waals surface area contributed by atoms with E-state index in [1.807, 2.05) is 6.07 Å². The molecule has 5 rings (SSSR count). The van der Waals surface area contributed by atoms with Crippen molar-refractivity contribution in [1.29, 1.82) is 0 Å². The van der Waals surface area contributed by atoms with Crippen LogP contribution in [0, 0.1) is 0 Å². The Labute approximate surface area is 272 Å². The van der Waals surface area contributed by atoms with Crippen molar-refractivity contribution < 1.29 is 32.2 Å². The molecule has 14 heteroatoms. The summed E-state index contributed by atoms with van der Waals surface area (Å²) in [6, 6.07) is 4.81. The molecule has 0 aliphatic carbocycles. The van der Waals surface area contributed by atoms with Gasteiger partial charge in [0.05, 0.1) is 42.5 Å². The minimum absolute atomic E-state index is 0.0501. The van der Waals surface area contributed by atoms with Gasteiger partial charge in [0.1, 0.15) is 29.6 Å². The zero-order valence-corrected chi connectivity index (χ0v) is 26.2. The second-order valence-electron chi connectivity index (χ2n) is 10.7. The van der Waals surface area contributed by atoms with Gasteiger partial charge in [-0.05, 0) is 42.1 Å². The van der Waals surface area contributed by atoms with Gasteiger partial charge < -0.3 is 15.2 Å². The number of hydrogen-bond acceptors (Lipinski definition) is 8. The number of carbonyl (C=O) groups excluding carboxylic acids is 1. The normalized spacial score (nSPS) is 14.7. The number of pyridine rings is 2. The number of alkyl halides is 2. The van der Waals surface area contributed by atoms with Gasteiger partial charge in [-0.3, -0.25) is 19.8 Å². The smallest absolute Gasteiger partial charge is 0.251 e. The summed E-state index contributed by atoms with van der Waals surface area (Å²) in [4.78, 5) is 23.3. The number of amides is 1. The van der Waals surface area contributed by atoms with Gasteiger partial charge in [-0.25, -0.2) is 22.5 Å². The average Bonchev–Trinajstić information content (AvgIpc) is 3.74. The quantitative estimate of drug-likeness (QED) is 0.0652. The second kappa shape index (κ2) is 14.8. The Balaban J connectivity index is 1.74. The van der Waals surface area contributed by atoms with E-state index in [1.165, 1.54) is 11.3 Å². The zero-order chi connectivity index (χ0) is 33.7. The lowest BCUT2D eigenvalue weighted by Gasteiger charge is -2.28. The Morgan fingerprint density at radius 2 is 2.13 bits per heavy atom. The molecule has 1 aliphatic heterocycles. The first-order chi connectivity index (χ1) is 22.6. The fourth-order valence-corrected chi connectivity index (χ4v) is 6.38. The van der Waals surface area contributed by atoms with Crippen molar-refractivity contribution in [2.45, 2.75) is 32.4 Å². The van der Waals surface area contributed by atoms with Gasteiger partial charge in [0.2, 0.25) is 5.91 Å². The lowest BCUT2D eigenvalue weighted by molar-refractivity contribution is -0.117. The van der Waals surface area contributed by atoms with Crippen LogP contribution in [0.25, 0.3) is 38.3 Å². The highest BCUT2D eigenvalue weighted by molar-refractivity contribution is 7.17. The zero-order valence-electron chi connectivity index (χ0n) is 25.4. The highest BCUT2D eigenvalue weighted by Gasteiger charge is 2.28. The number of aromatic amines is 1. The van der Waals surface area contributed by atoms with Gasteiger partial charge in [0.15, 0.2) is 0 Å². The summed E-state index contributed by atoms with van der Waals surface area (Å²) in [5.74, 6) is -1.57. The Morgan fingerprint density at radius 3 is 2.85 bits per heavy atom. The second-order valence-corrected chi connectivity index (χ2v) is 11.6. The summed E-state index contributed by atoms with van der Waals surface area (Å²) < 4.78 is 61.6. The van der Waals surface area contributed by atoms with Crippen molar-refractivity contribution in [1.82, 2.24) is 30.4 Å². The van der Waals surface area contributed by atoms with Crippen molar-refractivity contribution in [3.8, 4) is 22.6 Å². The maximum Gasteiger partial charge on any atom is 0.251 e. The van der Waals surface area contributed by atoms with Crippen LogP contribution in [0.2, 0.25) is 0 Å². The monoisotopic (exact) mass is 668 g/mol. The van der Waals surface area contributed by atoms with Crippen molar-refractivity contribution in [3.63, 3.8) is 0 Å². The summed E-state index contributed by atoms with van der Waals surface area (Å²) in [5, 5.41) is 21.9. The Morgan fingerprint density at radius 1 is 1.32 bits per heavy atom. The van der Waals surface area contributed by atoms with Crippen molar-refractivity contribution in [3.05, 3.63) is 95.5 Å². The number of allylic oxidation sites excluding steroid dienone is 3. The van der Waals surface area contributed by atoms with Crippen LogP contribution in [0.1, 0.15) is 35.5 Å². The van der Waals surface area contributed by atoms with E-state index >= 15 is 4.39 Å². The molecule has 0 spiro atoms. The number of fused-ring (bicyclic) bond motifs is 2. The van der Waals surface area contributed by atoms with Crippen LogP contribution in [0.4, 0.5) is 17.6 Å². The van der Waals surface area contributed by atoms with E-state index in [2.05, 4.69) is 33.7 Å². The number of carbonyl (C=O) groups is 1. The average molecular weight is 669 g/mol. The van der Waals surface area contributed by atoms with Gasteiger partial charge >= 0.3 is 0 Å². The molecule has 0 bridgehead atoms. The van der Waals surface area contributed by atoms with Crippen molar-refractivity contribution >= 4 is 32.9 Å². The summed E-state index contributed by atoms with van der Waals surface area (Å²) in [7, 11) is 0. The number of nitrogens with zero attached hydrogens (tertiary/aromatic N) is 4. The SMILES string of the molecule is C=CC(=O)N[C@H](C)c1cc(-c2nc(-c3cnc4c(c3)CN(CC(F)F)CC4)c3ccsc3c2/C(C(=C)OCCO)=C(F)/C=C/F)n[nH]1. The maximum absolute atomic E-state index is 15.8. The molecule has 1 aliphatic rings. The minimum Gasteiger partial charge on any atom is -0.491 e. The fourth-order valence-electron chi connectivity index (χ4n) is 5.43. The van der Waals surface area contributed by atoms with E-state index in [9.17, 15) is 23.1 Å². The molecular formula is C33H32F4N6O3S. The number of hydrogen-bond donors (Lipinski definition) is 3. The summed E-state index contributed by atoms with van der Waals surface area (Å²) in [5.41, 5.74) is 3.66. The highest BCUT2D eigenvalue weighted by Crippen LogP contribution is 2.44. The van der Waals surface area contributed by atoms with Crippen LogP contribution < -0.4 is 5.32 Å². The number of halogens is 4. The van der Waals surface area contributed by atoms with Gasteiger partial charge in [-0.1, -0.05) is 13.2 Å². The van der Waals surface area contributed by atoms with E-state index in [-0.39, 0.29) is 54.4 Å². The van der Waals surface area contributed by atoms with E-state index in [0.29, 0.717) is 52.6 Å². The van der Waals surface area contributed by atoms with Crippen molar-refractivity contribution in [2.24, 2.45) is 0 Å². The van der Waals surface area contributed by atoms with Gasteiger partial charge in [0, 0.05) is 58.7 Å². The molecule has 4 aromatic heterocycles. The predicted molar refractivity (Wildman–Crippen MR) is 173 cm³/mol. The Hall–Kier alpha value is -4.66. The molecule has 9 nitrogen and oxygen atoms in total. The molecule has 5 heterocycles. The van der Waals surface area contributed by atoms with Crippen LogP contribution in [0.15, 0.2) is 73.0 Å². The number of rotatable bonds is 13. The third-order valence-electron chi connectivity index (χ3n) is 7.59. The van der Waals surface area contributed by atoms with Crippen LogP contribution in [-0.4, -0.2) is 68.8 Å². The summed E-state index contributed by atoms with van der Waals surface area (Å²) >= 11 is 1.27. The number of thiophene rings is 1. The first-order valence-corrected chi connectivity index (χ1v) is 15.5. The lowest BCUT2D eigenvalue weighted by atomic mass is 9.95. The molecule has 0 saturated heterocycles. The molecule has 0 saturated carbocycles. The van der Waals surface area contributed by atoms with E-state index in [1.54, 1.807) is 35.5 Å². The molecule has 0 radical (unpaired) electrons. The van der Waals surface area contributed by atoms with Gasteiger partial charge in [-0.2, -0.15) is 5.10 Å². The topological polar surface area (TPSA) is 116 Å². The minimum atomic E-state index is -2.47. The van der Waals surface area contributed by atoms with Gasteiger partial charge in [0.25, 0.3) is 6.43 Å². The lowest BCUT2D eigenvalue weighted by Crippen LogP contribution is -2.34. The summed E-state index contributed by atoms with van der Waals surface area (Å²) in [6.07, 6.45) is 1.54. The number of aliphatic hydroxyl groups is 1. The standard InChI is InChI=1S/C33H32F4N6O3S/c1-4-28(45)39-18(2)25-14-26(42-41-25)32-30(29(23(35)5-8-34)19(3)46-11-10-44)33-22(7-12-47-33)31(40-32)20-13-21-16-43(17-27(36)37)9-6-24(21)38-15-20/h4-5,7-8,12-15,18,27,44H,1,3,6,9-11,16-17H2,2H3,(H,39,45)(H,41,42)/b8-5+,29-23-/t18-/m1/s1. The van der Waals surface area contributed by atoms with Crippen LogP contribution in [0.3, 0.4) is 0 Å². The first-order valence-electron chi connectivity index (χ1n) is 14.6. The maximum atomic E-state index is 15.8. The largest absolute Gasteiger partial charge is 0.491 e. The fraction of sp³-hybridized carbons (Fsp3) is 0.273. The van der Waals surface area contributed by atoms with Crippen LogP contribution >= 0.6 is 11.3 Å². The number of aromatic nitrogens is 4. The molecular weight excluding hydrogens is 636 g/mol. The Kier molecular flexibility index (Phi) is 10.6. The molecule has 0 aromatic carbocycles. The third-order valence-corrected chi connectivity index (χ3v) is 8.52. The van der Waals surface area contributed by atoms with E-state index in [4.69, 9.17) is 9.72 Å². The highest BCUT2D eigenvalue weighted by atomic mass is 32.1. The molecule has 3 N–H and O–H groups in total. The van der Waals surface area contributed by atoms with Crippen LogP contribution in [0.5, 0.6) is 0 Å².